The molecule has 136 valence electrons. The van der Waals surface area contributed by atoms with Crippen LogP contribution in [0.3, 0.4) is 0 Å². The Bertz CT molecular complexity index is 781. The van der Waals surface area contributed by atoms with Crippen LogP contribution < -0.4 is 0 Å². The van der Waals surface area contributed by atoms with Crippen LogP contribution in [0, 0.1) is 11.7 Å². The zero-order valence-electron chi connectivity index (χ0n) is 14.4. The monoisotopic (exact) mass is 373 g/mol. The van der Waals surface area contributed by atoms with Crippen molar-refractivity contribution in [1.82, 2.24) is 14.8 Å². The number of fused-ring (bicyclic) bond motifs is 4. The summed E-state index contributed by atoms with van der Waals surface area (Å²) in [4.78, 5) is 21.1. The summed E-state index contributed by atoms with van der Waals surface area (Å²) < 4.78 is 14.2. The minimum atomic E-state index is -0.262. The van der Waals surface area contributed by atoms with Gasteiger partial charge in [-0.2, -0.15) is 0 Å². The molecule has 1 amide bonds. The first kappa shape index (κ1) is 17.4. The normalized spacial score (nSPS) is 23.1. The van der Waals surface area contributed by atoms with Crippen molar-refractivity contribution >= 4 is 17.5 Å². The molecular formula is C20H21ClFN3O. The Kier molecular flexibility index (Phi) is 4.92. The number of amides is 1. The van der Waals surface area contributed by atoms with Crippen molar-refractivity contribution in [1.29, 1.82) is 0 Å². The fourth-order valence-corrected chi connectivity index (χ4v) is 4.32. The van der Waals surface area contributed by atoms with Crippen LogP contribution in [-0.4, -0.2) is 46.4 Å². The fourth-order valence-electron chi connectivity index (χ4n) is 4.10. The zero-order valence-corrected chi connectivity index (χ0v) is 15.2. The predicted octanol–water partition coefficient (Wildman–Crippen LogP) is 3.61. The smallest absolute Gasteiger partial charge is 0.254 e. The molecule has 3 saturated heterocycles. The molecule has 1 aromatic carbocycles. The Labute approximate surface area is 157 Å². The summed E-state index contributed by atoms with van der Waals surface area (Å²) in [6, 6.07) is 8.56. The number of aromatic nitrogens is 1. The quantitative estimate of drug-likeness (QED) is 0.824. The largest absolute Gasteiger partial charge is 0.337 e. The molecule has 2 aromatic rings. The highest BCUT2D eigenvalue weighted by atomic mass is 35.5. The number of rotatable bonds is 3. The standard InChI is InChI=1S/C20H21ClFN3O/c21-18-2-1-3-19(22)17(18)13-24-10-14-4-5-16(24)12-25(11-14)20(26)15-6-8-23-9-7-15/h1-3,6-9,14,16H,4-5,10-13H2/t14-,16-/m0/s1. The molecule has 0 saturated carbocycles. The van der Waals surface area contributed by atoms with Crippen LogP contribution in [0.25, 0.3) is 0 Å². The summed E-state index contributed by atoms with van der Waals surface area (Å²) in [7, 11) is 0. The Morgan fingerprint density at radius 1 is 1.15 bits per heavy atom. The molecule has 4 heterocycles. The van der Waals surface area contributed by atoms with E-state index in [2.05, 4.69) is 9.88 Å². The summed E-state index contributed by atoms with van der Waals surface area (Å²) in [5, 5.41) is 0.467. The summed E-state index contributed by atoms with van der Waals surface area (Å²) in [6.45, 7) is 2.78. The average molecular weight is 374 g/mol. The van der Waals surface area contributed by atoms with Gasteiger partial charge in [0.2, 0.25) is 0 Å². The van der Waals surface area contributed by atoms with Gasteiger partial charge < -0.3 is 4.90 Å². The Morgan fingerprint density at radius 2 is 1.96 bits per heavy atom. The Morgan fingerprint density at radius 3 is 2.73 bits per heavy atom. The predicted molar refractivity (Wildman–Crippen MR) is 98.5 cm³/mol. The third-order valence-corrected chi connectivity index (χ3v) is 5.82. The average Bonchev–Trinajstić information content (AvgIpc) is 2.97. The molecule has 0 aliphatic carbocycles. The summed E-state index contributed by atoms with van der Waals surface area (Å²) >= 11 is 6.21. The number of piperidine rings is 1. The van der Waals surface area contributed by atoms with E-state index in [1.54, 1.807) is 36.7 Å². The number of carbonyl (C=O) groups excluding carboxylic acids is 1. The fraction of sp³-hybridized carbons (Fsp3) is 0.400. The lowest BCUT2D eigenvalue weighted by atomic mass is 9.94. The minimum Gasteiger partial charge on any atom is -0.337 e. The van der Waals surface area contributed by atoms with E-state index >= 15 is 0 Å². The highest BCUT2D eigenvalue weighted by Gasteiger charge is 2.37. The molecule has 0 unspecified atom stereocenters. The molecule has 2 bridgehead atoms. The summed E-state index contributed by atoms with van der Waals surface area (Å²) in [5.41, 5.74) is 1.22. The van der Waals surface area contributed by atoms with Crippen molar-refractivity contribution in [3.63, 3.8) is 0 Å². The molecule has 2 atom stereocenters. The number of benzene rings is 1. The third kappa shape index (κ3) is 3.46. The minimum absolute atomic E-state index is 0.0510. The molecule has 0 spiro atoms. The van der Waals surface area contributed by atoms with E-state index in [1.165, 1.54) is 6.07 Å². The maximum absolute atomic E-state index is 14.2. The van der Waals surface area contributed by atoms with Gasteiger partial charge in [-0.1, -0.05) is 17.7 Å². The van der Waals surface area contributed by atoms with E-state index in [0.717, 1.165) is 25.9 Å². The highest BCUT2D eigenvalue weighted by molar-refractivity contribution is 6.31. The molecule has 0 N–H and O–H groups in total. The number of hydrogen-bond donors (Lipinski definition) is 0. The van der Waals surface area contributed by atoms with E-state index in [0.29, 0.717) is 35.2 Å². The number of halogens is 2. The van der Waals surface area contributed by atoms with Crippen molar-refractivity contribution in [3.05, 3.63) is 64.7 Å². The first-order chi connectivity index (χ1) is 12.6. The molecule has 0 radical (unpaired) electrons. The van der Waals surface area contributed by atoms with Crippen LogP contribution in [-0.2, 0) is 6.54 Å². The van der Waals surface area contributed by atoms with Gasteiger partial charge >= 0.3 is 0 Å². The molecule has 4 nitrogen and oxygen atoms in total. The van der Waals surface area contributed by atoms with Gasteiger partial charge in [-0.05, 0) is 43.0 Å². The summed E-state index contributed by atoms with van der Waals surface area (Å²) in [5.74, 6) is 0.197. The summed E-state index contributed by atoms with van der Waals surface area (Å²) in [6.07, 6.45) is 5.42. The van der Waals surface area contributed by atoms with Crippen molar-refractivity contribution in [2.45, 2.75) is 25.4 Å². The van der Waals surface area contributed by atoms with Crippen LogP contribution >= 0.6 is 11.6 Å². The lowest BCUT2D eigenvalue weighted by Crippen LogP contribution is -2.44. The second-order valence-electron chi connectivity index (χ2n) is 7.17. The van der Waals surface area contributed by atoms with E-state index in [9.17, 15) is 9.18 Å². The van der Waals surface area contributed by atoms with Crippen molar-refractivity contribution in [3.8, 4) is 0 Å². The number of hydrogen-bond acceptors (Lipinski definition) is 3. The maximum atomic E-state index is 14.2. The second kappa shape index (κ2) is 7.33. The van der Waals surface area contributed by atoms with Gasteiger partial charge in [-0.25, -0.2) is 4.39 Å². The van der Waals surface area contributed by atoms with Gasteiger partial charge in [0.05, 0.1) is 0 Å². The highest BCUT2D eigenvalue weighted by Crippen LogP contribution is 2.31. The van der Waals surface area contributed by atoms with Crippen LogP contribution in [0.5, 0.6) is 0 Å². The van der Waals surface area contributed by atoms with Gasteiger partial charge in [-0.15, -0.1) is 0 Å². The van der Waals surface area contributed by atoms with E-state index in [-0.39, 0.29) is 17.8 Å². The topological polar surface area (TPSA) is 36.4 Å². The zero-order chi connectivity index (χ0) is 18.1. The molecule has 3 aliphatic heterocycles. The SMILES string of the molecule is O=C(c1ccncc1)N1C[C@H]2CC[C@@H](C1)N(Cc1c(F)cccc1Cl)C2. The lowest BCUT2D eigenvalue weighted by Gasteiger charge is -2.36. The van der Waals surface area contributed by atoms with E-state index in [4.69, 9.17) is 11.6 Å². The van der Waals surface area contributed by atoms with Gasteiger partial charge in [0.25, 0.3) is 5.91 Å². The Hall–Kier alpha value is -1.98. The molecule has 6 heteroatoms. The first-order valence-electron chi connectivity index (χ1n) is 8.98. The second-order valence-corrected chi connectivity index (χ2v) is 7.58. The van der Waals surface area contributed by atoms with Crippen LogP contribution in [0.15, 0.2) is 42.7 Å². The van der Waals surface area contributed by atoms with Gasteiger partial charge in [-0.3, -0.25) is 14.7 Å². The maximum Gasteiger partial charge on any atom is 0.254 e. The molecule has 3 aliphatic rings. The Balaban J connectivity index is 1.53. The molecule has 5 rings (SSSR count). The van der Waals surface area contributed by atoms with Crippen molar-refractivity contribution < 1.29 is 9.18 Å². The van der Waals surface area contributed by atoms with Crippen LogP contribution in [0.2, 0.25) is 5.02 Å². The lowest BCUT2D eigenvalue weighted by molar-refractivity contribution is 0.0735. The van der Waals surface area contributed by atoms with Crippen molar-refractivity contribution in [2.75, 3.05) is 19.6 Å². The van der Waals surface area contributed by atoms with Gasteiger partial charge in [0, 0.05) is 60.8 Å². The van der Waals surface area contributed by atoms with Gasteiger partial charge in [0.15, 0.2) is 0 Å². The third-order valence-electron chi connectivity index (χ3n) is 5.46. The molecule has 26 heavy (non-hydrogen) atoms. The van der Waals surface area contributed by atoms with Gasteiger partial charge in [0.1, 0.15) is 5.82 Å². The molecule has 3 fully saturated rings. The van der Waals surface area contributed by atoms with Crippen LogP contribution in [0.4, 0.5) is 4.39 Å². The number of pyridine rings is 1. The first-order valence-corrected chi connectivity index (χ1v) is 9.36. The van der Waals surface area contributed by atoms with E-state index in [1.807, 2.05) is 4.90 Å². The molecular weight excluding hydrogens is 353 g/mol. The number of carbonyl (C=O) groups is 1. The van der Waals surface area contributed by atoms with E-state index < -0.39 is 0 Å². The molecule has 1 aromatic heterocycles. The van der Waals surface area contributed by atoms with Crippen molar-refractivity contribution in [2.24, 2.45) is 5.92 Å². The number of nitrogens with zero attached hydrogens (tertiary/aromatic N) is 3. The van der Waals surface area contributed by atoms with Crippen LogP contribution in [0.1, 0.15) is 28.8 Å².